The monoisotopic (exact) mass is 439 g/mol. The Labute approximate surface area is 182 Å². The quantitative estimate of drug-likeness (QED) is 0.350. The summed E-state index contributed by atoms with van der Waals surface area (Å²) in [6, 6.07) is 12.3. The average molecular weight is 440 g/mol. The molecule has 1 atom stereocenters. The smallest absolute Gasteiger partial charge is 0.247 e. The molecule has 1 unspecified atom stereocenters. The van der Waals surface area contributed by atoms with Gasteiger partial charge in [-0.1, -0.05) is 17.8 Å². The SMILES string of the molecule is COc1ccc(-c2nnc(C(C)Sc3nnc(Cc4cccs4)n3C3CC3)o2)cc1. The van der Waals surface area contributed by atoms with Crippen LogP contribution in [0.15, 0.2) is 51.4 Å². The number of hydrogen-bond acceptors (Lipinski definition) is 8. The third-order valence-corrected chi connectivity index (χ3v) is 6.89. The van der Waals surface area contributed by atoms with Crippen LogP contribution >= 0.6 is 23.1 Å². The van der Waals surface area contributed by atoms with E-state index >= 15 is 0 Å². The molecule has 1 aliphatic carbocycles. The highest BCUT2D eigenvalue weighted by molar-refractivity contribution is 7.99. The molecular formula is C21H21N5O2S2. The van der Waals surface area contributed by atoms with Crippen molar-refractivity contribution in [3.8, 4) is 17.2 Å². The highest BCUT2D eigenvalue weighted by atomic mass is 32.2. The minimum Gasteiger partial charge on any atom is -0.497 e. The van der Waals surface area contributed by atoms with E-state index < -0.39 is 0 Å². The van der Waals surface area contributed by atoms with Gasteiger partial charge < -0.3 is 13.7 Å². The number of ether oxygens (including phenoxy) is 1. The summed E-state index contributed by atoms with van der Waals surface area (Å²) in [6.07, 6.45) is 3.18. The van der Waals surface area contributed by atoms with Crippen molar-refractivity contribution in [3.63, 3.8) is 0 Å². The van der Waals surface area contributed by atoms with E-state index in [1.165, 1.54) is 17.7 Å². The molecule has 9 heteroatoms. The van der Waals surface area contributed by atoms with Crippen molar-refractivity contribution in [1.82, 2.24) is 25.0 Å². The molecule has 3 heterocycles. The molecule has 0 radical (unpaired) electrons. The van der Waals surface area contributed by atoms with Crippen molar-refractivity contribution in [2.75, 3.05) is 7.11 Å². The van der Waals surface area contributed by atoms with Crippen molar-refractivity contribution in [2.24, 2.45) is 0 Å². The summed E-state index contributed by atoms with van der Waals surface area (Å²) < 4.78 is 13.4. The minimum absolute atomic E-state index is 0.0270. The van der Waals surface area contributed by atoms with E-state index in [1.807, 2.05) is 24.3 Å². The molecule has 1 saturated carbocycles. The first-order valence-corrected chi connectivity index (χ1v) is 11.6. The Bertz CT molecular complexity index is 1120. The predicted octanol–water partition coefficient (Wildman–Crippen LogP) is 5.18. The molecule has 154 valence electrons. The normalized spacial score (nSPS) is 14.7. The van der Waals surface area contributed by atoms with Crippen LogP contribution in [0.2, 0.25) is 0 Å². The molecule has 0 N–H and O–H groups in total. The molecule has 1 aliphatic rings. The zero-order valence-corrected chi connectivity index (χ0v) is 18.3. The van der Waals surface area contributed by atoms with E-state index in [9.17, 15) is 0 Å². The Balaban J connectivity index is 1.33. The van der Waals surface area contributed by atoms with Gasteiger partial charge in [0.15, 0.2) is 5.16 Å². The Morgan fingerprint density at radius 3 is 2.70 bits per heavy atom. The fraction of sp³-hybridized carbons (Fsp3) is 0.333. The van der Waals surface area contributed by atoms with E-state index in [4.69, 9.17) is 9.15 Å². The number of nitrogens with zero attached hydrogens (tertiary/aromatic N) is 5. The summed E-state index contributed by atoms with van der Waals surface area (Å²) in [5.41, 5.74) is 0.867. The number of thiophene rings is 1. The molecule has 7 nitrogen and oxygen atoms in total. The fourth-order valence-corrected chi connectivity index (χ4v) is 4.90. The summed E-state index contributed by atoms with van der Waals surface area (Å²) in [5.74, 6) is 2.90. The van der Waals surface area contributed by atoms with Crippen LogP contribution in [0, 0.1) is 0 Å². The predicted molar refractivity (Wildman–Crippen MR) is 116 cm³/mol. The third kappa shape index (κ3) is 3.99. The molecule has 0 bridgehead atoms. The Kier molecular flexibility index (Phi) is 5.30. The Hall–Kier alpha value is -2.65. The molecule has 0 saturated heterocycles. The number of benzene rings is 1. The summed E-state index contributed by atoms with van der Waals surface area (Å²) in [5, 5.41) is 20.4. The number of thioether (sulfide) groups is 1. The first kappa shape index (κ1) is 19.3. The number of rotatable bonds is 8. The van der Waals surface area contributed by atoms with Gasteiger partial charge in [-0.05, 0) is 55.5 Å². The highest BCUT2D eigenvalue weighted by Crippen LogP contribution is 2.42. The van der Waals surface area contributed by atoms with Gasteiger partial charge >= 0.3 is 0 Å². The zero-order valence-electron chi connectivity index (χ0n) is 16.7. The third-order valence-electron chi connectivity index (χ3n) is 4.97. The summed E-state index contributed by atoms with van der Waals surface area (Å²) >= 11 is 3.37. The topological polar surface area (TPSA) is 78.9 Å². The van der Waals surface area contributed by atoms with Crippen LogP contribution < -0.4 is 4.74 Å². The van der Waals surface area contributed by atoms with Crippen LogP contribution in [-0.4, -0.2) is 32.1 Å². The lowest BCUT2D eigenvalue weighted by Crippen LogP contribution is -2.04. The maximum atomic E-state index is 5.95. The van der Waals surface area contributed by atoms with Crippen LogP contribution in [0.4, 0.5) is 0 Å². The molecule has 1 aromatic carbocycles. The lowest BCUT2D eigenvalue weighted by atomic mass is 10.2. The van der Waals surface area contributed by atoms with Crippen molar-refractivity contribution in [1.29, 1.82) is 0 Å². The van der Waals surface area contributed by atoms with Gasteiger partial charge in [0.25, 0.3) is 0 Å². The van der Waals surface area contributed by atoms with Crippen molar-refractivity contribution < 1.29 is 9.15 Å². The molecule has 0 amide bonds. The van der Waals surface area contributed by atoms with E-state index in [0.29, 0.717) is 17.8 Å². The van der Waals surface area contributed by atoms with Crippen LogP contribution in [0.3, 0.4) is 0 Å². The molecule has 0 aliphatic heterocycles. The minimum atomic E-state index is -0.0270. The van der Waals surface area contributed by atoms with Crippen molar-refractivity contribution in [3.05, 3.63) is 58.4 Å². The van der Waals surface area contributed by atoms with Crippen molar-refractivity contribution >= 4 is 23.1 Å². The van der Waals surface area contributed by atoms with Gasteiger partial charge in [0, 0.05) is 22.9 Å². The first-order valence-electron chi connectivity index (χ1n) is 9.82. The van der Waals surface area contributed by atoms with Gasteiger partial charge in [0.05, 0.1) is 12.4 Å². The number of aromatic nitrogens is 5. The summed E-state index contributed by atoms with van der Waals surface area (Å²) in [6.45, 7) is 2.06. The number of hydrogen-bond donors (Lipinski definition) is 0. The molecule has 3 aromatic heterocycles. The van der Waals surface area contributed by atoms with E-state index in [2.05, 4.69) is 49.4 Å². The second-order valence-electron chi connectivity index (χ2n) is 7.19. The zero-order chi connectivity index (χ0) is 20.5. The largest absolute Gasteiger partial charge is 0.497 e. The standard InChI is InChI=1S/C21H21N5O2S2/c1-13(19-23-24-20(28-19)14-5-9-16(27-2)10-6-14)30-21-25-22-18(26(21)15-7-8-15)12-17-4-3-11-29-17/h3-6,9-11,13,15H,7-8,12H2,1-2H3. The second-order valence-corrected chi connectivity index (χ2v) is 9.53. The fourth-order valence-electron chi connectivity index (χ4n) is 3.23. The lowest BCUT2D eigenvalue weighted by Gasteiger charge is -2.10. The molecule has 30 heavy (non-hydrogen) atoms. The lowest BCUT2D eigenvalue weighted by molar-refractivity contribution is 0.415. The van der Waals surface area contributed by atoms with Gasteiger partial charge in [-0.3, -0.25) is 0 Å². The molecular weight excluding hydrogens is 418 g/mol. The molecule has 1 fully saturated rings. The first-order chi connectivity index (χ1) is 14.7. The van der Waals surface area contributed by atoms with E-state index in [-0.39, 0.29) is 5.25 Å². The van der Waals surface area contributed by atoms with Gasteiger partial charge in [-0.15, -0.1) is 31.7 Å². The maximum Gasteiger partial charge on any atom is 0.247 e. The molecule has 0 spiro atoms. The Morgan fingerprint density at radius 2 is 2.00 bits per heavy atom. The van der Waals surface area contributed by atoms with Crippen molar-refractivity contribution in [2.45, 2.75) is 42.6 Å². The van der Waals surface area contributed by atoms with Gasteiger partial charge in [-0.2, -0.15) is 0 Å². The van der Waals surface area contributed by atoms with Gasteiger partial charge in [-0.25, -0.2) is 0 Å². The van der Waals surface area contributed by atoms with Gasteiger partial charge in [0.2, 0.25) is 11.8 Å². The van der Waals surface area contributed by atoms with Crippen LogP contribution in [0.25, 0.3) is 11.5 Å². The average Bonchev–Trinajstić information content (AvgIpc) is 3.15. The molecule has 4 aromatic rings. The summed E-state index contributed by atoms with van der Waals surface area (Å²) in [4.78, 5) is 1.30. The van der Waals surface area contributed by atoms with Crippen LogP contribution in [0.5, 0.6) is 5.75 Å². The Morgan fingerprint density at radius 1 is 1.17 bits per heavy atom. The van der Waals surface area contributed by atoms with Gasteiger partial charge in [0.1, 0.15) is 11.6 Å². The number of methoxy groups -OCH3 is 1. The van der Waals surface area contributed by atoms with E-state index in [1.54, 1.807) is 30.2 Å². The van der Waals surface area contributed by atoms with Crippen LogP contribution in [-0.2, 0) is 6.42 Å². The van der Waals surface area contributed by atoms with E-state index in [0.717, 1.165) is 28.7 Å². The second kappa shape index (κ2) is 8.23. The van der Waals surface area contributed by atoms with Crippen LogP contribution in [0.1, 0.15) is 47.6 Å². The molecule has 5 rings (SSSR count). The highest BCUT2D eigenvalue weighted by Gasteiger charge is 2.31. The maximum absolute atomic E-state index is 5.95. The summed E-state index contributed by atoms with van der Waals surface area (Å²) in [7, 11) is 1.64.